The Balaban J connectivity index is 3.13. The minimum atomic E-state index is 0.733. The zero-order chi connectivity index (χ0) is 8.97. The maximum atomic E-state index is 8.66. The first-order valence-electron chi connectivity index (χ1n) is 3.44. The van der Waals surface area contributed by atoms with Crippen LogP contribution in [0.3, 0.4) is 0 Å². The van der Waals surface area contributed by atoms with Crippen LogP contribution in [0, 0.1) is 11.3 Å². The summed E-state index contributed by atoms with van der Waals surface area (Å²) in [7, 11) is 0. The number of nitrogens with zero attached hydrogens (tertiary/aromatic N) is 1. The summed E-state index contributed by atoms with van der Waals surface area (Å²) in [6, 6.07) is 7.91. The van der Waals surface area contributed by atoms with Gasteiger partial charge in [0.2, 0.25) is 0 Å². The van der Waals surface area contributed by atoms with E-state index in [1.54, 1.807) is 23.5 Å². The molecule has 62 valence electrons. The average molecular weight is 195 g/mol. The normalized spacial score (nSPS) is 9.42. The third-order valence-electron chi connectivity index (χ3n) is 1.51. The Morgan fingerprint density at radius 1 is 1.17 bits per heavy atom. The van der Waals surface area contributed by atoms with E-state index in [1.165, 1.54) is 9.79 Å². The van der Waals surface area contributed by atoms with Gasteiger partial charge in [-0.25, -0.2) is 0 Å². The molecular weight excluding hydrogens is 186 g/mol. The Kier molecular flexibility index (Phi) is 3.51. The molecule has 0 saturated carbocycles. The molecule has 0 atom stereocenters. The zero-order valence-electron chi connectivity index (χ0n) is 7.00. The van der Waals surface area contributed by atoms with Crippen molar-refractivity contribution in [2.24, 2.45) is 0 Å². The van der Waals surface area contributed by atoms with E-state index in [4.69, 9.17) is 5.26 Å². The Morgan fingerprint density at radius 3 is 2.33 bits per heavy atom. The Bertz CT molecular complexity index is 315. The van der Waals surface area contributed by atoms with Gasteiger partial charge in [0.25, 0.3) is 0 Å². The fraction of sp³-hybridized carbons (Fsp3) is 0.222. The van der Waals surface area contributed by atoms with Crippen LogP contribution < -0.4 is 0 Å². The smallest absolute Gasteiger partial charge is 0.0992 e. The fourth-order valence-electron chi connectivity index (χ4n) is 0.906. The van der Waals surface area contributed by atoms with Crippen molar-refractivity contribution in [2.75, 3.05) is 12.5 Å². The first-order valence-corrected chi connectivity index (χ1v) is 5.89. The van der Waals surface area contributed by atoms with Crippen molar-refractivity contribution in [3.05, 3.63) is 23.8 Å². The van der Waals surface area contributed by atoms with E-state index in [1.807, 2.05) is 30.7 Å². The summed E-state index contributed by atoms with van der Waals surface area (Å²) in [5.41, 5.74) is 0.733. The van der Waals surface area contributed by atoms with Gasteiger partial charge in [0.1, 0.15) is 0 Å². The van der Waals surface area contributed by atoms with Crippen LogP contribution in [0.2, 0.25) is 0 Å². The molecule has 3 heteroatoms. The molecule has 0 spiro atoms. The van der Waals surface area contributed by atoms with E-state index in [9.17, 15) is 0 Å². The lowest BCUT2D eigenvalue weighted by Crippen LogP contribution is -1.79. The molecule has 0 aliphatic carbocycles. The highest BCUT2D eigenvalue weighted by Crippen LogP contribution is 2.28. The Labute approximate surface area is 81.2 Å². The maximum Gasteiger partial charge on any atom is 0.0992 e. The Hall–Kier alpha value is -0.590. The molecule has 0 bridgehead atoms. The van der Waals surface area contributed by atoms with E-state index < -0.39 is 0 Å². The number of hydrogen-bond donors (Lipinski definition) is 0. The minimum Gasteiger partial charge on any atom is -0.192 e. The molecule has 0 fully saturated rings. The van der Waals surface area contributed by atoms with Crippen molar-refractivity contribution in [1.29, 1.82) is 5.26 Å². The SMILES string of the molecule is CSc1ccc(C#N)cc1SC. The quantitative estimate of drug-likeness (QED) is 0.678. The van der Waals surface area contributed by atoms with Crippen LogP contribution in [0.15, 0.2) is 28.0 Å². The van der Waals surface area contributed by atoms with Gasteiger partial charge in [0, 0.05) is 9.79 Å². The van der Waals surface area contributed by atoms with Crippen LogP contribution >= 0.6 is 23.5 Å². The number of rotatable bonds is 2. The molecule has 0 aliphatic heterocycles. The van der Waals surface area contributed by atoms with Gasteiger partial charge in [-0.05, 0) is 30.7 Å². The van der Waals surface area contributed by atoms with Crippen LogP contribution in [0.5, 0.6) is 0 Å². The molecule has 0 N–H and O–H groups in total. The van der Waals surface area contributed by atoms with Crippen molar-refractivity contribution >= 4 is 23.5 Å². The molecular formula is C9H9NS2. The van der Waals surface area contributed by atoms with Crippen molar-refractivity contribution in [1.82, 2.24) is 0 Å². The van der Waals surface area contributed by atoms with E-state index in [-0.39, 0.29) is 0 Å². The van der Waals surface area contributed by atoms with Gasteiger partial charge in [-0.15, -0.1) is 23.5 Å². The van der Waals surface area contributed by atoms with Gasteiger partial charge in [-0.3, -0.25) is 0 Å². The van der Waals surface area contributed by atoms with E-state index in [0.717, 1.165) is 5.56 Å². The van der Waals surface area contributed by atoms with E-state index >= 15 is 0 Å². The number of hydrogen-bond acceptors (Lipinski definition) is 3. The van der Waals surface area contributed by atoms with Crippen LogP contribution in [0.1, 0.15) is 5.56 Å². The molecule has 1 aromatic rings. The predicted molar refractivity (Wildman–Crippen MR) is 54.7 cm³/mol. The maximum absolute atomic E-state index is 8.66. The van der Waals surface area contributed by atoms with Crippen LogP contribution in [0.4, 0.5) is 0 Å². The molecule has 1 nitrogen and oxygen atoms in total. The van der Waals surface area contributed by atoms with Gasteiger partial charge in [0.15, 0.2) is 0 Å². The molecule has 0 aliphatic rings. The summed E-state index contributed by atoms with van der Waals surface area (Å²) in [4.78, 5) is 2.42. The van der Waals surface area contributed by atoms with E-state index in [2.05, 4.69) is 6.07 Å². The second-order valence-electron chi connectivity index (χ2n) is 2.18. The minimum absolute atomic E-state index is 0.733. The number of thioether (sulfide) groups is 2. The summed E-state index contributed by atoms with van der Waals surface area (Å²) in [5.74, 6) is 0. The lowest BCUT2D eigenvalue weighted by atomic mass is 10.2. The van der Waals surface area contributed by atoms with Crippen LogP contribution in [0.25, 0.3) is 0 Å². The van der Waals surface area contributed by atoms with Crippen LogP contribution in [-0.2, 0) is 0 Å². The molecule has 0 aromatic heterocycles. The van der Waals surface area contributed by atoms with Crippen molar-refractivity contribution in [2.45, 2.75) is 9.79 Å². The Morgan fingerprint density at radius 2 is 1.83 bits per heavy atom. The fourth-order valence-corrected chi connectivity index (χ4v) is 2.38. The van der Waals surface area contributed by atoms with Gasteiger partial charge in [-0.2, -0.15) is 5.26 Å². The summed E-state index contributed by atoms with van der Waals surface area (Å²) in [6.07, 6.45) is 4.07. The van der Waals surface area contributed by atoms with Crippen molar-refractivity contribution in [3.8, 4) is 6.07 Å². The highest BCUT2D eigenvalue weighted by Gasteiger charge is 2.00. The lowest BCUT2D eigenvalue weighted by Gasteiger charge is -2.03. The van der Waals surface area contributed by atoms with Crippen LogP contribution in [-0.4, -0.2) is 12.5 Å². The van der Waals surface area contributed by atoms with E-state index in [0.29, 0.717) is 0 Å². The number of benzene rings is 1. The molecule has 0 saturated heterocycles. The monoisotopic (exact) mass is 195 g/mol. The molecule has 12 heavy (non-hydrogen) atoms. The molecule has 1 rings (SSSR count). The number of nitriles is 1. The summed E-state index contributed by atoms with van der Waals surface area (Å²) < 4.78 is 0. The summed E-state index contributed by atoms with van der Waals surface area (Å²) in [6.45, 7) is 0. The highest BCUT2D eigenvalue weighted by molar-refractivity contribution is 8.01. The highest BCUT2D eigenvalue weighted by atomic mass is 32.2. The third-order valence-corrected chi connectivity index (χ3v) is 3.22. The second kappa shape index (κ2) is 4.44. The van der Waals surface area contributed by atoms with Crippen molar-refractivity contribution in [3.63, 3.8) is 0 Å². The predicted octanol–water partition coefficient (Wildman–Crippen LogP) is 3.00. The van der Waals surface area contributed by atoms with Gasteiger partial charge in [-0.1, -0.05) is 0 Å². The van der Waals surface area contributed by atoms with Crippen molar-refractivity contribution < 1.29 is 0 Å². The first-order chi connectivity index (χ1) is 5.81. The molecule has 1 aromatic carbocycles. The van der Waals surface area contributed by atoms with Gasteiger partial charge < -0.3 is 0 Å². The van der Waals surface area contributed by atoms with Gasteiger partial charge >= 0.3 is 0 Å². The largest absolute Gasteiger partial charge is 0.192 e. The summed E-state index contributed by atoms with van der Waals surface area (Å²) in [5, 5.41) is 8.66. The topological polar surface area (TPSA) is 23.8 Å². The molecule has 0 heterocycles. The average Bonchev–Trinajstić information content (AvgIpc) is 2.16. The first kappa shape index (κ1) is 9.50. The zero-order valence-corrected chi connectivity index (χ0v) is 8.63. The standard InChI is InChI=1S/C9H9NS2/c1-11-8-4-3-7(6-10)5-9(8)12-2/h3-5H,1-2H3. The molecule has 0 amide bonds. The second-order valence-corrected chi connectivity index (χ2v) is 3.88. The molecule has 0 unspecified atom stereocenters. The summed E-state index contributed by atoms with van der Waals surface area (Å²) >= 11 is 3.39. The third kappa shape index (κ3) is 1.96. The lowest BCUT2D eigenvalue weighted by molar-refractivity contribution is 1.24. The van der Waals surface area contributed by atoms with Gasteiger partial charge in [0.05, 0.1) is 11.6 Å². The molecule has 0 radical (unpaired) electrons.